The van der Waals surface area contributed by atoms with E-state index in [4.69, 9.17) is 0 Å². The Bertz CT molecular complexity index is 523. The molecule has 1 aromatic heterocycles. The zero-order valence-corrected chi connectivity index (χ0v) is 11.9. The quantitative estimate of drug-likeness (QED) is 0.888. The van der Waals surface area contributed by atoms with Crippen LogP contribution in [-0.4, -0.2) is 18.6 Å². The molecular weight excluding hydrogens is 234 g/mol. The first kappa shape index (κ1) is 13.6. The summed E-state index contributed by atoms with van der Waals surface area (Å²) in [5.41, 5.74) is 4.71. The molecule has 3 nitrogen and oxygen atoms in total. The van der Waals surface area contributed by atoms with Gasteiger partial charge in [-0.3, -0.25) is 4.98 Å². The first-order valence-corrected chi connectivity index (χ1v) is 6.69. The smallest absolute Gasteiger partial charge is 0.0489 e. The number of anilines is 2. The van der Waals surface area contributed by atoms with E-state index in [0.717, 1.165) is 18.8 Å². The summed E-state index contributed by atoms with van der Waals surface area (Å²) < 4.78 is 0. The summed E-state index contributed by atoms with van der Waals surface area (Å²) in [6.45, 7) is 5.97. The molecule has 0 amide bonds. The summed E-state index contributed by atoms with van der Waals surface area (Å²) in [7, 11) is 1.96. The Balaban J connectivity index is 2.45. The molecule has 1 heterocycles. The number of benzene rings is 1. The largest absolute Gasteiger partial charge is 0.341 e. The van der Waals surface area contributed by atoms with Gasteiger partial charge in [0, 0.05) is 41.9 Å². The minimum Gasteiger partial charge on any atom is -0.341 e. The molecule has 3 heteroatoms. The normalized spacial score (nSPS) is 10.5. The fourth-order valence-corrected chi connectivity index (χ4v) is 2.25. The van der Waals surface area contributed by atoms with E-state index >= 15 is 0 Å². The van der Waals surface area contributed by atoms with Crippen molar-refractivity contribution in [3.63, 3.8) is 0 Å². The Hall–Kier alpha value is -1.87. The monoisotopic (exact) mass is 255 g/mol. The van der Waals surface area contributed by atoms with Crippen LogP contribution in [0.4, 0.5) is 11.4 Å². The summed E-state index contributed by atoms with van der Waals surface area (Å²) in [6.07, 6.45) is 1.97. The lowest BCUT2D eigenvalue weighted by molar-refractivity contribution is 0.806. The van der Waals surface area contributed by atoms with Crippen LogP contribution in [0.1, 0.15) is 18.2 Å². The number of nitrogens with zero attached hydrogens (tertiary/aromatic N) is 2. The van der Waals surface area contributed by atoms with Crippen LogP contribution >= 0.6 is 0 Å². The topological polar surface area (TPSA) is 28.2 Å². The summed E-state index contributed by atoms with van der Waals surface area (Å²) >= 11 is 0. The highest BCUT2D eigenvalue weighted by atomic mass is 15.1. The number of rotatable bonds is 5. The molecule has 0 spiro atoms. The molecule has 1 aromatic carbocycles. The first-order valence-electron chi connectivity index (χ1n) is 6.69. The van der Waals surface area contributed by atoms with Crippen LogP contribution in [0.3, 0.4) is 0 Å². The fraction of sp³-hybridized carbons (Fsp3) is 0.312. The van der Waals surface area contributed by atoms with Crippen molar-refractivity contribution in [1.29, 1.82) is 0 Å². The Kier molecular flexibility index (Phi) is 4.53. The minimum absolute atomic E-state index is 0.825. The van der Waals surface area contributed by atoms with E-state index in [2.05, 4.69) is 52.5 Å². The van der Waals surface area contributed by atoms with E-state index in [1.54, 1.807) is 0 Å². The van der Waals surface area contributed by atoms with Gasteiger partial charge in [0.05, 0.1) is 0 Å². The molecule has 0 saturated heterocycles. The van der Waals surface area contributed by atoms with Crippen LogP contribution in [0, 0.1) is 6.92 Å². The molecule has 0 unspecified atom stereocenters. The molecule has 2 rings (SSSR count). The number of aryl methyl sites for hydroxylation is 1. The number of hydrogen-bond acceptors (Lipinski definition) is 3. The molecule has 0 bridgehead atoms. The number of hydrogen-bond donors (Lipinski definition) is 1. The van der Waals surface area contributed by atoms with E-state index in [0.29, 0.717) is 0 Å². The molecular formula is C16H21N3. The number of nitrogens with one attached hydrogen (secondary N) is 1. The third kappa shape index (κ3) is 3.12. The van der Waals surface area contributed by atoms with Crippen molar-refractivity contribution in [2.24, 2.45) is 0 Å². The van der Waals surface area contributed by atoms with Crippen LogP contribution in [0.25, 0.3) is 0 Å². The van der Waals surface area contributed by atoms with E-state index in [-0.39, 0.29) is 0 Å². The lowest BCUT2D eigenvalue weighted by Gasteiger charge is -2.26. The molecule has 100 valence electrons. The zero-order chi connectivity index (χ0) is 13.7. The van der Waals surface area contributed by atoms with Crippen LogP contribution in [0.2, 0.25) is 0 Å². The molecule has 2 aromatic rings. The summed E-state index contributed by atoms with van der Waals surface area (Å²) in [4.78, 5) is 6.72. The average molecular weight is 255 g/mol. The second-order valence-electron chi connectivity index (χ2n) is 4.56. The van der Waals surface area contributed by atoms with Gasteiger partial charge < -0.3 is 10.2 Å². The van der Waals surface area contributed by atoms with Crippen molar-refractivity contribution in [3.8, 4) is 0 Å². The van der Waals surface area contributed by atoms with Crippen molar-refractivity contribution in [3.05, 3.63) is 53.9 Å². The van der Waals surface area contributed by atoms with Gasteiger partial charge in [-0.25, -0.2) is 0 Å². The molecule has 0 atom stereocenters. The third-order valence-corrected chi connectivity index (χ3v) is 3.14. The van der Waals surface area contributed by atoms with E-state index < -0.39 is 0 Å². The van der Waals surface area contributed by atoms with E-state index in [9.17, 15) is 0 Å². The fourth-order valence-electron chi connectivity index (χ4n) is 2.25. The van der Waals surface area contributed by atoms with Crippen LogP contribution < -0.4 is 10.2 Å². The maximum absolute atomic E-state index is 4.40. The van der Waals surface area contributed by atoms with Gasteiger partial charge in [0.2, 0.25) is 0 Å². The molecule has 0 saturated carbocycles. The Morgan fingerprint density at radius 1 is 1.21 bits per heavy atom. The van der Waals surface area contributed by atoms with Crippen LogP contribution in [0.5, 0.6) is 0 Å². The van der Waals surface area contributed by atoms with Gasteiger partial charge in [-0.1, -0.05) is 18.2 Å². The SMILES string of the molecule is CCN(c1ccccc1)c1cc(C)ncc1CNC. The molecule has 0 aliphatic heterocycles. The van der Waals surface area contributed by atoms with Crippen LogP contribution in [0.15, 0.2) is 42.6 Å². The number of para-hydroxylation sites is 1. The highest BCUT2D eigenvalue weighted by Gasteiger charge is 2.12. The summed E-state index contributed by atoms with van der Waals surface area (Å²) in [5, 5.41) is 3.21. The van der Waals surface area contributed by atoms with E-state index in [1.165, 1.54) is 16.9 Å². The molecule has 0 aliphatic carbocycles. The van der Waals surface area contributed by atoms with Gasteiger partial charge in [-0.05, 0) is 39.1 Å². The van der Waals surface area contributed by atoms with Gasteiger partial charge >= 0.3 is 0 Å². The number of pyridine rings is 1. The van der Waals surface area contributed by atoms with Crippen molar-refractivity contribution < 1.29 is 0 Å². The highest BCUT2D eigenvalue weighted by Crippen LogP contribution is 2.28. The van der Waals surface area contributed by atoms with Gasteiger partial charge in [-0.2, -0.15) is 0 Å². The molecule has 1 N–H and O–H groups in total. The molecule has 0 fully saturated rings. The maximum atomic E-state index is 4.40. The number of aromatic nitrogens is 1. The van der Waals surface area contributed by atoms with Crippen molar-refractivity contribution in [2.45, 2.75) is 20.4 Å². The first-order chi connectivity index (χ1) is 9.26. The lowest BCUT2D eigenvalue weighted by Crippen LogP contribution is -2.19. The van der Waals surface area contributed by atoms with Crippen molar-refractivity contribution >= 4 is 11.4 Å². The predicted molar refractivity (Wildman–Crippen MR) is 80.9 cm³/mol. The molecule has 0 radical (unpaired) electrons. The van der Waals surface area contributed by atoms with Gasteiger partial charge in [0.1, 0.15) is 0 Å². The third-order valence-electron chi connectivity index (χ3n) is 3.14. The maximum Gasteiger partial charge on any atom is 0.0489 e. The standard InChI is InChI=1S/C16H21N3/c1-4-19(15-8-6-5-7-9-15)16-10-13(2)18-12-14(16)11-17-3/h5-10,12,17H,4,11H2,1-3H3. The lowest BCUT2D eigenvalue weighted by atomic mass is 10.1. The zero-order valence-electron chi connectivity index (χ0n) is 11.9. The Labute approximate surface area is 115 Å². The summed E-state index contributed by atoms with van der Waals surface area (Å²) in [5.74, 6) is 0. The minimum atomic E-state index is 0.825. The van der Waals surface area contributed by atoms with Crippen molar-refractivity contribution in [2.75, 3.05) is 18.5 Å². The van der Waals surface area contributed by atoms with Gasteiger partial charge in [-0.15, -0.1) is 0 Å². The second kappa shape index (κ2) is 6.34. The second-order valence-corrected chi connectivity index (χ2v) is 4.56. The van der Waals surface area contributed by atoms with Crippen LogP contribution in [-0.2, 0) is 6.54 Å². The Morgan fingerprint density at radius 3 is 2.58 bits per heavy atom. The predicted octanol–water partition coefficient (Wildman–Crippen LogP) is 3.27. The van der Waals surface area contributed by atoms with Gasteiger partial charge in [0.25, 0.3) is 0 Å². The highest BCUT2D eigenvalue weighted by molar-refractivity contribution is 5.66. The van der Waals surface area contributed by atoms with Crippen molar-refractivity contribution in [1.82, 2.24) is 10.3 Å². The summed E-state index contributed by atoms with van der Waals surface area (Å²) in [6, 6.07) is 12.6. The Morgan fingerprint density at radius 2 is 1.95 bits per heavy atom. The molecule has 0 aliphatic rings. The molecule has 19 heavy (non-hydrogen) atoms. The van der Waals surface area contributed by atoms with E-state index in [1.807, 2.05) is 26.2 Å². The average Bonchev–Trinajstić information content (AvgIpc) is 2.44. The van der Waals surface area contributed by atoms with Gasteiger partial charge in [0.15, 0.2) is 0 Å².